The first-order valence-corrected chi connectivity index (χ1v) is 8.94. The van der Waals surface area contributed by atoms with E-state index in [0.717, 1.165) is 24.8 Å². The van der Waals surface area contributed by atoms with E-state index in [1.807, 2.05) is 18.2 Å². The van der Waals surface area contributed by atoms with Crippen LogP contribution >= 0.6 is 0 Å². The normalized spacial score (nSPS) is 22.4. The fourth-order valence-corrected chi connectivity index (χ4v) is 3.52. The van der Waals surface area contributed by atoms with E-state index in [-0.39, 0.29) is 37.5 Å². The van der Waals surface area contributed by atoms with E-state index >= 15 is 0 Å². The fraction of sp³-hybridized carbons (Fsp3) is 0.579. The standard InChI is InChI=1S/C19H25NO5/c21-18(12-17-16-6-2-1-4-14(16)8-11-25-17)20(9-7-19(22)23)13-15-5-3-10-24-15/h1-2,4,6,15,17H,3,5,7-13H2,(H,22,23)/t15-,17-/m1/s1. The first kappa shape index (κ1) is 17.9. The molecule has 1 aromatic rings. The van der Waals surface area contributed by atoms with Gasteiger partial charge in [0.05, 0.1) is 31.7 Å². The minimum atomic E-state index is -0.899. The monoisotopic (exact) mass is 347 g/mol. The van der Waals surface area contributed by atoms with Crippen LogP contribution in [-0.2, 0) is 25.5 Å². The van der Waals surface area contributed by atoms with Crippen molar-refractivity contribution in [3.63, 3.8) is 0 Å². The van der Waals surface area contributed by atoms with Crippen LogP contribution in [0.1, 0.15) is 42.9 Å². The molecule has 1 aromatic carbocycles. The van der Waals surface area contributed by atoms with Crippen LogP contribution in [0, 0.1) is 0 Å². The molecule has 136 valence electrons. The molecule has 2 heterocycles. The summed E-state index contributed by atoms with van der Waals surface area (Å²) in [5.74, 6) is -0.970. The predicted octanol–water partition coefficient (Wildman–Crippen LogP) is 2.17. The molecule has 6 nitrogen and oxygen atoms in total. The molecule has 3 rings (SSSR count). The summed E-state index contributed by atoms with van der Waals surface area (Å²) in [4.78, 5) is 25.4. The van der Waals surface area contributed by atoms with Crippen LogP contribution in [0.15, 0.2) is 24.3 Å². The van der Waals surface area contributed by atoms with Crippen LogP contribution in [0.4, 0.5) is 0 Å². The molecule has 0 unspecified atom stereocenters. The highest BCUT2D eigenvalue weighted by molar-refractivity contribution is 5.78. The molecule has 1 saturated heterocycles. The van der Waals surface area contributed by atoms with E-state index in [2.05, 4.69) is 6.07 Å². The average molecular weight is 347 g/mol. The lowest BCUT2D eigenvalue weighted by Crippen LogP contribution is -2.39. The van der Waals surface area contributed by atoms with Gasteiger partial charge < -0.3 is 19.5 Å². The van der Waals surface area contributed by atoms with E-state index in [0.29, 0.717) is 19.8 Å². The van der Waals surface area contributed by atoms with E-state index in [9.17, 15) is 9.59 Å². The fourth-order valence-electron chi connectivity index (χ4n) is 3.52. The lowest BCUT2D eigenvalue weighted by Gasteiger charge is -2.30. The van der Waals surface area contributed by atoms with Gasteiger partial charge in [0.25, 0.3) is 0 Å². The molecule has 0 spiro atoms. The third-order valence-electron chi connectivity index (χ3n) is 4.85. The molecule has 0 aromatic heterocycles. The topological polar surface area (TPSA) is 76.1 Å². The Morgan fingerprint density at radius 2 is 2.04 bits per heavy atom. The maximum Gasteiger partial charge on any atom is 0.305 e. The summed E-state index contributed by atoms with van der Waals surface area (Å²) >= 11 is 0. The Labute approximate surface area is 147 Å². The van der Waals surface area contributed by atoms with Gasteiger partial charge in [0.2, 0.25) is 5.91 Å². The molecule has 1 N–H and O–H groups in total. The highest BCUT2D eigenvalue weighted by Crippen LogP contribution is 2.30. The number of fused-ring (bicyclic) bond motifs is 1. The number of amides is 1. The zero-order valence-electron chi connectivity index (χ0n) is 14.4. The minimum absolute atomic E-state index is 0.0114. The summed E-state index contributed by atoms with van der Waals surface area (Å²) in [5.41, 5.74) is 2.29. The van der Waals surface area contributed by atoms with Crippen LogP contribution in [-0.4, -0.2) is 54.3 Å². The number of carbonyl (C=O) groups is 2. The number of ether oxygens (including phenoxy) is 2. The number of aliphatic carboxylic acids is 1. The SMILES string of the molecule is O=C(O)CCN(C[C@H]1CCCO1)C(=O)C[C@H]1OCCc2ccccc21. The lowest BCUT2D eigenvalue weighted by molar-refractivity contribution is -0.140. The number of carboxylic acid groups (broad SMARTS) is 1. The number of nitrogens with zero attached hydrogens (tertiary/aromatic N) is 1. The number of hydrogen-bond donors (Lipinski definition) is 1. The van der Waals surface area contributed by atoms with E-state index in [1.165, 1.54) is 5.56 Å². The van der Waals surface area contributed by atoms with Crippen LogP contribution in [0.3, 0.4) is 0 Å². The van der Waals surface area contributed by atoms with E-state index < -0.39 is 5.97 Å². The highest BCUT2D eigenvalue weighted by atomic mass is 16.5. The van der Waals surface area contributed by atoms with Gasteiger partial charge in [0.1, 0.15) is 0 Å². The molecule has 0 bridgehead atoms. The van der Waals surface area contributed by atoms with Crippen molar-refractivity contribution in [2.24, 2.45) is 0 Å². The third-order valence-corrected chi connectivity index (χ3v) is 4.85. The van der Waals surface area contributed by atoms with Gasteiger partial charge in [-0.05, 0) is 30.4 Å². The number of rotatable bonds is 7. The van der Waals surface area contributed by atoms with Crippen LogP contribution < -0.4 is 0 Å². The molecule has 2 aliphatic rings. The maximum atomic E-state index is 12.8. The second-order valence-corrected chi connectivity index (χ2v) is 6.63. The van der Waals surface area contributed by atoms with E-state index in [1.54, 1.807) is 4.90 Å². The van der Waals surface area contributed by atoms with E-state index in [4.69, 9.17) is 14.6 Å². The van der Waals surface area contributed by atoms with Gasteiger partial charge in [0.15, 0.2) is 0 Å². The number of benzene rings is 1. The summed E-state index contributed by atoms with van der Waals surface area (Å²) in [6, 6.07) is 8.04. The van der Waals surface area contributed by atoms with Gasteiger partial charge >= 0.3 is 5.97 Å². The van der Waals surface area contributed by atoms with Crippen molar-refractivity contribution in [1.29, 1.82) is 0 Å². The first-order chi connectivity index (χ1) is 12.1. The Hall–Kier alpha value is -1.92. The number of carbonyl (C=O) groups excluding carboxylic acids is 1. The van der Waals surface area contributed by atoms with Gasteiger partial charge in [-0.3, -0.25) is 9.59 Å². The predicted molar refractivity (Wildman–Crippen MR) is 91.3 cm³/mol. The smallest absolute Gasteiger partial charge is 0.305 e. The first-order valence-electron chi connectivity index (χ1n) is 8.94. The van der Waals surface area contributed by atoms with Crippen LogP contribution in [0.5, 0.6) is 0 Å². The van der Waals surface area contributed by atoms with Crippen LogP contribution in [0.2, 0.25) is 0 Å². The molecule has 0 saturated carbocycles. The van der Waals surface area contributed by atoms with Crippen molar-refractivity contribution in [3.8, 4) is 0 Å². The van der Waals surface area contributed by atoms with Gasteiger partial charge in [0, 0.05) is 19.7 Å². The Morgan fingerprint density at radius 1 is 1.20 bits per heavy atom. The van der Waals surface area contributed by atoms with Gasteiger partial charge in [-0.1, -0.05) is 24.3 Å². The number of carboxylic acids is 1. The molecule has 2 atom stereocenters. The lowest BCUT2D eigenvalue weighted by atomic mass is 9.95. The second kappa shape index (κ2) is 8.45. The molecule has 6 heteroatoms. The van der Waals surface area contributed by atoms with Crippen molar-refractivity contribution in [2.45, 2.75) is 44.3 Å². The quantitative estimate of drug-likeness (QED) is 0.818. The van der Waals surface area contributed by atoms with Crippen molar-refractivity contribution in [3.05, 3.63) is 35.4 Å². The summed E-state index contributed by atoms with van der Waals surface area (Å²) in [6.07, 6.45) is 2.71. The third kappa shape index (κ3) is 4.80. The van der Waals surface area contributed by atoms with Crippen molar-refractivity contribution < 1.29 is 24.2 Å². The molecule has 0 aliphatic carbocycles. The summed E-state index contributed by atoms with van der Waals surface area (Å²) in [7, 11) is 0. The molecule has 1 amide bonds. The number of hydrogen-bond acceptors (Lipinski definition) is 4. The highest BCUT2D eigenvalue weighted by Gasteiger charge is 2.28. The Bertz CT molecular complexity index is 612. The second-order valence-electron chi connectivity index (χ2n) is 6.63. The average Bonchev–Trinajstić information content (AvgIpc) is 3.12. The maximum absolute atomic E-state index is 12.8. The molecule has 1 fully saturated rings. The zero-order chi connectivity index (χ0) is 17.6. The Kier molecular flexibility index (Phi) is 6.04. The largest absolute Gasteiger partial charge is 0.481 e. The Morgan fingerprint density at radius 3 is 2.80 bits per heavy atom. The summed E-state index contributed by atoms with van der Waals surface area (Å²) < 4.78 is 11.4. The molecule has 25 heavy (non-hydrogen) atoms. The zero-order valence-corrected chi connectivity index (χ0v) is 14.4. The van der Waals surface area contributed by atoms with Gasteiger partial charge in [-0.15, -0.1) is 0 Å². The molecular formula is C19H25NO5. The summed E-state index contributed by atoms with van der Waals surface area (Å²) in [5, 5.41) is 8.96. The molecule has 0 radical (unpaired) electrons. The van der Waals surface area contributed by atoms with Crippen molar-refractivity contribution >= 4 is 11.9 Å². The minimum Gasteiger partial charge on any atom is -0.481 e. The van der Waals surface area contributed by atoms with Crippen LogP contribution in [0.25, 0.3) is 0 Å². The van der Waals surface area contributed by atoms with Crippen molar-refractivity contribution in [1.82, 2.24) is 4.90 Å². The Balaban J connectivity index is 1.65. The van der Waals surface area contributed by atoms with Gasteiger partial charge in [-0.2, -0.15) is 0 Å². The molecular weight excluding hydrogens is 322 g/mol. The van der Waals surface area contributed by atoms with Gasteiger partial charge in [-0.25, -0.2) is 0 Å². The van der Waals surface area contributed by atoms with Crippen molar-refractivity contribution in [2.75, 3.05) is 26.3 Å². The molecule has 2 aliphatic heterocycles. The summed E-state index contributed by atoms with van der Waals surface area (Å²) in [6.45, 7) is 1.99.